The molecule has 5 N–H and O–H groups in total. The summed E-state index contributed by atoms with van der Waals surface area (Å²) in [5.41, 5.74) is 18.8. The molecule has 0 saturated heterocycles. The summed E-state index contributed by atoms with van der Waals surface area (Å²) < 4.78 is 0. The molecule has 4 aromatic rings. The smallest absolute Gasteiger partial charge is 0.170 e. The van der Waals surface area contributed by atoms with Crippen LogP contribution >= 0.6 is 0 Å². The average molecular weight is 403 g/mol. The molecule has 0 unspecified atom stereocenters. The normalized spacial score (nSPS) is 12.0. The van der Waals surface area contributed by atoms with Gasteiger partial charge >= 0.3 is 0 Å². The predicted octanol–water partition coefficient (Wildman–Crippen LogP) is 3.63. The predicted molar refractivity (Wildman–Crippen MR) is 121 cm³/mol. The third-order valence-electron chi connectivity index (χ3n) is 5.27. The lowest BCUT2D eigenvalue weighted by atomic mass is 9.93. The van der Waals surface area contributed by atoms with Crippen molar-refractivity contribution in [3.8, 4) is 11.3 Å². The van der Waals surface area contributed by atoms with E-state index in [2.05, 4.69) is 35.3 Å². The lowest BCUT2D eigenvalue weighted by molar-refractivity contribution is 0.152. The number of amidine groups is 1. The van der Waals surface area contributed by atoms with Crippen LogP contribution in [0.25, 0.3) is 33.1 Å². The molecule has 30 heavy (non-hydrogen) atoms. The highest BCUT2D eigenvalue weighted by atomic mass is 16.6. The first-order valence-electron chi connectivity index (χ1n) is 10.2. The van der Waals surface area contributed by atoms with E-state index in [-0.39, 0.29) is 0 Å². The minimum Gasteiger partial charge on any atom is -0.393 e. The number of hydrogen-bond donors (Lipinski definition) is 3. The van der Waals surface area contributed by atoms with Gasteiger partial charge in [-0.2, -0.15) is 5.10 Å². The summed E-state index contributed by atoms with van der Waals surface area (Å²) in [5.74, 6) is 0.328. The highest BCUT2D eigenvalue weighted by Crippen LogP contribution is 2.34. The van der Waals surface area contributed by atoms with Crippen LogP contribution in [-0.4, -0.2) is 34.2 Å². The number of rotatable bonds is 7. The number of hydrogen-bond acceptors (Lipinski definition) is 5. The van der Waals surface area contributed by atoms with Crippen molar-refractivity contribution in [2.24, 2.45) is 16.6 Å². The van der Waals surface area contributed by atoms with Crippen LogP contribution in [-0.2, 0) is 11.3 Å². The topological polar surface area (TPSA) is 115 Å². The second-order valence-corrected chi connectivity index (χ2v) is 7.28. The third kappa shape index (κ3) is 3.59. The van der Waals surface area contributed by atoms with Crippen molar-refractivity contribution in [3.63, 3.8) is 0 Å². The summed E-state index contributed by atoms with van der Waals surface area (Å²) in [6, 6.07) is 12.0. The maximum atomic E-state index is 6.00. The number of nitrogens with one attached hydrogen (secondary N) is 1. The molecular weight excluding hydrogens is 376 g/mol. The van der Waals surface area contributed by atoms with Gasteiger partial charge in [0, 0.05) is 28.4 Å². The Morgan fingerprint density at radius 1 is 1.17 bits per heavy atom. The van der Waals surface area contributed by atoms with Gasteiger partial charge in [0.1, 0.15) is 6.61 Å². The lowest BCUT2D eigenvalue weighted by Crippen LogP contribution is -2.15. The van der Waals surface area contributed by atoms with Crippen molar-refractivity contribution in [3.05, 3.63) is 59.3 Å². The average Bonchev–Trinajstić information content (AvgIpc) is 3.24. The van der Waals surface area contributed by atoms with Gasteiger partial charge in [0.15, 0.2) is 5.84 Å². The molecule has 7 heteroatoms. The SMILES string of the molecule is CCCc1c(-c2ccc(/C(N)=N/OCCN)cc2)nc2ccc3[nH]ncc3c2c1C. The van der Waals surface area contributed by atoms with Crippen LogP contribution in [0.4, 0.5) is 0 Å². The number of oxime groups is 1. The summed E-state index contributed by atoms with van der Waals surface area (Å²) >= 11 is 0. The van der Waals surface area contributed by atoms with Crippen molar-refractivity contribution < 1.29 is 4.84 Å². The van der Waals surface area contributed by atoms with Gasteiger partial charge < -0.3 is 16.3 Å². The van der Waals surface area contributed by atoms with Gasteiger partial charge in [-0.05, 0) is 36.6 Å². The number of aryl methyl sites for hydroxylation is 1. The first kappa shape index (κ1) is 19.8. The number of pyridine rings is 1. The summed E-state index contributed by atoms with van der Waals surface area (Å²) in [6.07, 6.45) is 3.88. The van der Waals surface area contributed by atoms with Gasteiger partial charge in [-0.1, -0.05) is 42.8 Å². The van der Waals surface area contributed by atoms with Crippen molar-refractivity contribution in [2.75, 3.05) is 13.2 Å². The number of nitrogens with two attached hydrogens (primary N) is 2. The summed E-state index contributed by atoms with van der Waals surface area (Å²) in [7, 11) is 0. The number of fused-ring (bicyclic) bond motifs is 3. The van der Waals surface area contributed by atoms with Crippen molar-refractivity contribution >= 4 is 27.6 Å². The zero-order valence-electron chi connectivity index (χ0n) is 17.3. The summed E-state index contributed by atoms with van der Waals surface area (Å²) in [6.45, 7) is 5.10. The fraction of sp³-hybridized carbons (Fsp3) is 0.261. The van der Waals surface area contributed by atoms with Gasteiger partial charge in [-0.3, -0.25) is 5.10 Å². The molecule has 0 aliphatic carbocycles. The maximum Gasteiger partial charge on any atom is 0.170 e. The Morgan fingerprint density at radius 2 is 1.97 bits per heavy atom. The monoisotopic (exact) mass is 402 g/mol. The molecule has 0 aliphatic heterocycles. The van der Waals surface area contributed by atoms with Gasteiger partial charge in [-0.15, -0.1) is 0 Å². The Hall–Kier alpha value is -3.45. The Balaban J connectivity index is 1.80. The van der Waals surface area contributed by atoms with E-state index < -0.39 is 0 Å². The van der Waals surface area contributed by atoms with E-state index in [0.717, 1.165) is 46.1 Å². The van der Waals surface area contributed by atoms with Crippen LogP contribution in [0.1, 0.15) is 30.0 Å². The molecule has 0 amide bonds. The van der Waals surface area contributed by atoms with Crippen LogP contribution in [0.15, 0.2) is 47.8 Å². The summed E-state index contributed by atoms with van der Waals surface area (Å²) in [5, 5.41) is 13.4. The molecule has 0 atom stereocenters. The minimum absolute atomic E-state index is 0.328. The molecule has 2 heterocycles. The third-order valence-corrected chi connectivity index (χ3v) is 5.27. The molecule has 4 rings (SSSR count). The minimum atomic E-state index is 0.328. The zero-order valence-corrected chi connectivity index (χ0v) is 17.3. The standard InChI is InChI=1S/C23H26N6O/c1-3-4-17-14(2)21-18-13-26-28-19(18)9-10-20(21)27-22(17)15-5-7-16(8-6-15)23(25)29-30-12-11-24/h5-10,13H,3-4,11-12,24H2,1-2H3,(H2,25,29)(H,26,28). The molecule has 154 valence electrons. The Morgan fingerprint density at radius 3 is 2.70 bits per heavy atom. The maximum absolute atomic E-state index is 6.00. The van der Waals surface area contributed by atoms with Gasteiger partial charge in [-0.25, -0.2) is 4.98 Å². The van der Waals surface area contributed by atoms with Crippen molar-refractivity contribution in [2.45, 2.75) is 26.7 Å². The molecule has 7 nitrogen and oxygen atoms in total. The first-order valence-corrected chi connectivity index (χ1v) is 10.2. The first-order chi connectivity index (χ1) is 14.6. The van der Waals surface area contributed by atoms with E-state index in [1.54, 1.807) is 0 Å². The Bertz CT molecular complexity index is 1210. The van der Waals surface area contributed by atoms with Crippen LogP contribution in [0.5, 0.6) is 0 Å². The van der Waals surface area contributed by atoms with E-state index in [1.165, 1.54) is 16.5 Å². The summed E-state index contributed by atoms with van der Waals surface area (Å²) in [4.78, 5) is 10.1. The molecule has 2 aromatic heterocycles. The number of benzene rings is 2. The Kier molecular flexibility index (Phi) is 5.63. The number of H-pyrrole nitrogens is 1. The van der Waals surface area contributed by atoms with Crippen molar-refractivity contribution in [1.29, 1.82) is 0 Å². The van der Waals surface area contributed by atoms with Gasteiger partial charge in [0.2, 0.25) is 0 Å². The van der Waals surface area contributed by atoms with Gasteiger partial charge in [0.25, 0.3) is 0 Å². The van der Waals surface area contributed by atoms with Crippen LogP contribution in [0.2, 0.25) is 0 Å². The van der Waals surface area contributed by atoms with E-state index in [9.17, 15) is 0 Å². The number of aromatic nitrogens is 3. The second-order valence-electron chi connectivity index (χ2n) is 7.28. The van der Waals surface area contributed by atoms with E-state index in [4.69, 9.17) is 21.3 Å². The number of aromatic amines is 1. The molecule has 0 saturated carbocycles. The van der Waals surface area contributed by atoms with E-state index >= 15 is 0 Å². The highest BCUT2D eigenvalue weighted by molar-refractivity contribution is 6.07. The Labute approximate surface area is 175 Å². The molecule has 0 aliphatic rings. The van der Waals surface area contributed by atoms with Crippen LogP contribution in [0, 0.1) is 6.92 Å². The highest BCUT2D eigenvalue weighted by Gasteiger charge is 2.16. The van der Waals surface area contributed by atoms with E-state index in [1.807, 2.05) is 36.5 Å². The number of nitrogens with zero attached hydrogens (tertiary/aromatic N) is 3. The molecule has 0 bridgehead atoms. The quantitative estimate of drug-likeness (QED) is 0.189. The van der Waals surface area contributed by atoms with E-state index in [0.29, 0.717) is 19.0 Å². The van der Waals surface area contributed by atoms with Crippen LogP contribution in [0.3, 0.4) is 0 Å². The van der Waals surface area contributed by atoms with Crippen LogP contribution < -0.4 is 11.5 Å². The molecule has 0 radical (unpaired) electrons. The van der Waals surface area contributed by atoms with Gasteiger partial charge in [0.05, 0.1) is 22.9 Å². The molecular formula is C23H26N6O. The second kappa shape index (κ2) is 8.51. The molecule has 0 spiro atoms. The fourth-order valence-corrected chi connectivity index (χ4v) is 3.82. The molecule has 2 aromatic carbocycles. The fourth-order valence-electron chi connectivity index (χ4n) is 3.82. The lowest BCUT2D eigenvalue weighted by Gasteiger charge is -2.15. The van der Waals surface area contributed by atoms with Crippen molar-refractivity contribution in [1.82, 2.24) is 15.2 Å². The largest absolute Gasteiger partial charge is 0.393 e. The molecule has 0 fully saturated rings. The zero-order chi connectivity index (χ0) is 21.1.